The summed E-state index contributed by atoms with van der Waals surface area (Å²) in [6.45, 7) is 0. The summed E-state index contributed by atoms with van der Waals surface area (Å²) in [6.07, 6.45) is 0.993. The molecule has 0 aliphatic rings. The zero-order chi connectivity index (χ0) is 22.9. The molecule has 8 nitrogen and oxygen atoms in total. The molecule has 2 amide bonds. The minimum absolute atomic E-state index is 0.101. The number of hydrogen-bond acceptors (Lipinski definition) is 8. The van der Waals surface area contributed by atoms with Crippen LogP contribution in [0.3, 0.4) is 0 Å². The number of methoxy groups -OCH3 is 2. The van der Waals surface area contributed by atoms with Crippen molar-refractivity contribution in [2.24, 2.45) is 0 Å². The number of anilines is 2. The number of ether oxygens (including phenoxy) is 2. The highest BCUT2D eigenvalue weighted by atomic mass is 35.5. The number of carbonyl (C=O) groups excluding carboxylic acids is 2. The summed E-state index contributed by atoms with van der Waals surface area (Å²) in [5.41, 5.74) is 1.53. The third-order valence-electron chi connectivity index (χ3n) is 4.21. The number of aromatic nitrogens is 2. The smallest absolute Gasteiger partial charge is 0.234 e. The molecule has 0 saturated heterocycles. The highest BCUT2D eigenvalue weighted by Crippen LogP contribution is 2.36. The summed E-state index contributed by atoms with van der Waals surface area (Å²) in [6, 6.07) is 12.9. The van der Waals surface area contributed by atoms with E-state index >= 15 is 0 Å². The second kappa shape index (κ2) is 11.7. The first-order valence-corrected chi connectivity index (χ1v) is 11.7. The van der Waals surface area contributed by atoms with Gasteiger partial charge in [-0.1, -0.05) is 65.0 Å². The Bertz CT molecular complexity index is 1080. The number of hydrogen-bond donors (Lipinski definition) is 2. The van der Waals surface area contributed by atoms with Crippen LogP contribution in [0, 0.1) is 0 Å². The first kappa shape index (κ1) is 23.8. The maximum Gasteiger partial charge on any atom is 0.234 e. The largest absolute Gasteiger partial charge is 0.495 e. The van der Waals surface area contributed by atoms with Crippen LogP contribution in [0.2, 0.25) is 5.02 Å². The van der Waals surface area contributed by atoms with Crippen molar-refractivity contribution in [1.29, 1.82) is 0 Å². The SMILES string of the molecule is COc1cc(OC)c(NC(=O)CSc2nnc(NC(=O)CCc3ccccc3)s2)cc1Cl. The fourth-order valence-electron chi connectivity index (χ4n) is 2.67. The van der Waals surface area contributed by atoms with Crippen molar-refractivity contribution in [2.45, 2.75) is 17.2 Å². The summed E-state index contributed by atoms with van der Waals surface area (Å²) in [5.74, 6) is 0.577. The van der Waals surface area contributed by atoms with E-state index in [0.29, 0.717) is 44.5 Å². The summed E-state index contributed by atoms with van der Waals surface area (Å²) in [5, 5.41) is 14.2. The molecule has 168 valence electrons. The van der Waals surface area contributed by atoms with E-state index in [0.717, 1.165) is 5.56 Å². The van der Waals surface area contributed by atoms with Gasteiger partial charge in [-0.2, -0.15) is 0 Å². The van der Waals surface area contributed by atoms with Crippen LogP contribution in [0.15, 0.2) is 46.8 Å². The molecule has 0 radical (unpaired) electrons. The number of halogens is 1. The van der Waals surface area contributed by atoms with E-state index in [1.54, 1.807) is 12.1 Å². The number of benzene rings is 2. The Labute approximate surface area is 198 Å². The number of thioether (sulfide) groups is 1. The van der Waals surface area contributed by atoms with Crippen LogP contribution in [0.25, 0.3) is 0 Å². The Morgan fingerprint density at radius 2 is 1.78 bits per heavy atom. The average Bonchev–Trinajstić information content (AvgIpc) is 3.24. The second-order valence-electron chi connectivity index (χ2n) is 6.43. The minimum atomic E-state index is -0.266. The summed E-state index contributed by atoms with van der Waals surface area (Å²) in [7, 11) is 2.99. The zero-order valence-corrected chi connectivity index (χ0v) is 19.8. The number of aryl methyl sites for hydroxylation is 1. The molecule has 0 spiro atoms. The minimum Gasteiger partial charge on any atom is -0.495 e. The maximum atomic E-state index is 12.3. The molecular weight excluding hydrogens is 472 g/mol. The summed E-state index contributed by atoms with van der Waals surface area (Å²) < 4.78 is 11.0. The van der Waals surface area contributed by atoms with E-state index in [-0.39, 0.29) is 17.6 Å². The van der Waals surface area contributed by atoms with Gasteiger partial charge in [0.05, 0.1) is 30.7 Å². The fourth-order valence-corrected chi connectivity index (χ4v) is 4.48. The van der Waals surface area contributed by atoms with Gasteiger partial charge >= 0.3 is 0 Å². The monoisotopic (exact) mass is 492 g/mol. The summed E-state index contributed by atoms with van der Waals surface area (Å²) in [4.78, 5) is 24.5. The van der Waals surface area contributed by atoms with Crippen molar-refractivity contribution in [3.8, 4) is 11.5 Å². The standard InChI is InChI=1S/C21H21ClN4O4S2/c1-29-16-11-17(30-2)15(10-14(16)22)23-19(28)12-31-21-26-25-20(32-21)24-18(27)9-8-13-6-4-3-5-7-13/h3-7,10-11H,8-9,12H2,1-2H3,(H,23,28)(H,24,25,27). The lowest BCUT2D eigenvalue weighted by Crippen LogP contribution is -2.14. The Kier molecular flexibility index (Phi) is 8.72. The van der Waals surface area contributed by atoms with Gasteiger partial charge in [0.15, 0.2) is 4.34 Å². The van der Waals surface area contributed by atoms with Gasteiger partial charge in [-0.25, -0.2) is 0 Å². The van der Waals surface area contributed by atoms with Gasteiger partial charge in [0.2, 0.25) is 16.9 Å². The van der Waals surface area contributed by atoms with Crippen molar-refractivity contribution in [2.75, 3.05) is 30.6 Å². The second-order valence-corrected chi connectivity index (χ2v) is 9.04. The van der Waals surface area contributed by atoms with Crippen LogP contribution in [-0.2, 0) is 16.0 Å². The van der Waals surface area contributed by atoms with Crippen LogP contribution >= 0.6 is 34.7 Å². The third-order valence-corrected chi connectivity index (χ3v) is 6.48. The van der Waals surface area contributed by atoms with E-state index in [1.807, 2.05) is 30.3 Å². The van der Waals surface area contributed by atoms with Crippen LogP contribution < -0.4 is 20.1 Å². The number of nitrogens with zero attached hydrogens (tertiary/aromatic N) is 2. The van der Waals surface area contributed by atoms with E-state index in [4.69, 9.17) is 21.1 Å². The highest BCUT2D eigenvalue weighted by Gasteiger charge is 2.14. The molecule has 0 aliphatic heterocycles. The van der Waals surface area contributed by atoms with Crippen molar-refractivity contribution in [1.82, 2.24) is 10.2 Å². The number of carbonyl (C=O) groups is 2. The van der Waals surface area contributed by atoms with E-state index in [2.05, 4.69) is 20.8 Å². The van der Waals surface area contributed by atoms with Crippen LogP contribution in [0.5, 0.6) is 11.5 Å². The van der Waals surface area contributed by atoms with Crippen molar-refractivity contribution < 1.29 is 19.1 Å². The van der Waals surface area contributed by atoms with Gasteiger partial charge < -0.3 is 20.1 Å². The van der Waals surface area contributed by atoms with Gasteiger partial charge in [0, 0.05) is 12.5 Å². The number of rotatable bonds is 10. The van der Waals surface area contributed by atoms with Crippen LogP contribution in [0.1, 0.15) is 12.0 Å². The summed E-state index contributed by atoms with van der Waals surface area (Å²) >= 11 is 8.56. The topological polar surface area (TPSA) is 102 Å². The Balaban J connectivity index is 1.48. The normalized spacial score (nSPS) is 10.5. The molecule has 0 atom stereocenters. The third kappa shape index (κ3) is 6.84. The Morgan fingerprint density at radius 1 is 1.03 bits per heavy atom. The number of amides is 2. The van der Waals surface area contributed by atoms with Gasteiger partial charge in [-0.3, -0.25) is 9.59 Å². The van der Waals surface area contributed by atoms with Gasteiger partial charge in [-0.15, -0.1) is 10.2 Å². The molecule has 0 bridgehead atoms. The lowest BCUT2D eigenvalue weighted by molar-refractivity contribution is -0.116. The highest BCUT2D eigenvalue weighted by molar-refractivity contribution is 8.01. The lowest BCUT2D eigenvalue weighted by Gasteiger charge is -2.12. The first-order chi connectivity index (χ1) is 15.5. The molecule has 11 heteroatoms. The van der Waals surface area contributed by atoms with Crippen molar-refractivity contribution in [3.63, 3.8) is 0 Å². The van der Waals surface area contributed by atoms with Gasteiger partial charge in [0.1, 0.15) is 11.5 Å². The molecular formula is C21H21ClN4O4S2. The van der Waals surface area contributed by atoms with Crippen LogP contribution in [-0.4, -0.2) is 42.0 Å². The molecule has 2 N–H and O–H groups in total. The molecule has 1 heterocycles. The molecule has 3 rings (SSSR count). The average molecular weight is 493 g/mol. The van der Waals surface area contributed by atoms with Crippen molar-refractivity contribution >= 4 is 57.3 Å². The molecule has 0 fully saturated rings. The quantitative estimate of drug-likeness (QED) is 0.317. The van der Waals surface area contributed by atoms with E-state index in [9.17, 15) is 9.59 Å². The molecule has 2 aromatic carbocycles. The Morgan fingerprint density at radius 3 is 2.50 bits per heavy atom. The predicted octanol–water partition coefficient (Wildman–Crippen LogP) is 4.51. The lowest BCUT2D eigenvalue weighted by atomic mass is 10.1. The first-order valence-electron chi connectivity index (χ1n) is 9.50. The number of nitrogens with one attached hydrogen (secondary N) is 2. The fraction of sp³-hybridized carbons (Fsp3) is 0.238. The zero-order valence-electron chi connectivity index (χ0n) is 17.4. The van der Waals surface area contributed by atoms with Gasteiger partial charge in [-0.05, 0) is 18.1 Å². The molecule has 3 aromatic rings. The molecule has 1 aromatic heterocycles. The van der Waals surface area contributed by atoms with E-state index in [1.165, 1.54) is 37.3 Å². The van der Waals surface area contributed by atoms with E-state index < -0.39 is 0 Å². The molecule has 0 unspecified atom stereocenters. The van der Waals surface area contributed by atoms with Gasteiger partial charge in [0.25, 0.3) is 0 Å². The Hall–Kier alpha value is -2.82. The van der Waals surface area contributed by atoms with Crippen LogP contribution in [0.4, 0.5) is 10.8 Å². The molecule has 32 heavy (non-hydrogen) atoms. The molecule has 0 aliphatic carbocycles. The predicted molar refractivity (Wildman–Crippen MR) is 127 cm³/mol. The maximum absolute atomic E-state index is 12.3. The van der Waals surface area contributed by atoms with Crippen molar-refractivity contribution in [3.05, 3.63) is 53.1 Å². The molecule has 0 saturated carbocycles.